The Hall–Kier alpha value is -1.99. The fourth-order valence-electron chi connectivity index (χ4n) is 4.37. The first-order valence-corrected chi connectivity index (χ1v) is 9.21. The zero-order valence-electron chi connectivity index (χ0n) is 13.3. The first-order valence-electron chi connectivity index (χ1n) is 8.42. The van der Waals surface area contributed by atoms with E-state index < -0.39 is 0 Å². The molecule has 2 bridgehead atoms. The fraction of sp³-hybridized carbons (Fsp3) is 0.389. The average Bonchev–Trinajstić information content (AvgIpc) is 3.34. The molecular weight excluding hydrogens is 386 g/mol. The summed E-state index contributed by atoms with van der Waals surface area (Å²) >= 11 is 3.38. The van der Waals surface area contributed by atoms with Gasteiger partial charge in [-0.05, 0) is 46.5 Å². The van der Waals surface area contributed by atoms with Crippen LogP contribution in [-0.2, 0) is 20.9 Å². The van der Waals surface area contributed by atoms with Crippen molar-refractivity contribution in [1.82, 2.24) is 9.78 Å². The highest BCUT2D eigenvalue weighted by atomic mass is 79.9. The molecule has 3 aliphatic rings. The first-order chi connectivity index (χ1) is 12.1. The Morgan fingerprint density at radius 3 is 2.52 bits per heavy atom. The van der Waals surface area contributed by atoms with Crippen LogP contribution < -0.4 is 4.90 Å². The number of carbonyl (C=O) groups is 2. The zero-order valence-corrected chi connectivity index (χ0v) is 14.9. The van der Waals surface area contributed by atoms with Crippen LogP contribution in [0.3, 0.4) is 0 Å². The summed E-state index contributed by atoms with van der Waals surface area (Å²) in [6.45, 7) is 0.580. The lowest BCUT2D eigenvalue weighted by atomic mass is 9.81. The van der Waals surface area contributed by atoms with Gasteiger partial charge in [0, 0.05) is 6.20 Å². The van der Waals surface area contributed by atoms with Gasteiger partial charge in [0.2, 0.25) is 11.8 Å². The van der Waals surface area contributed by atoms with Gasteiger partial charge < -0.3 is 4.74 Å². The molecule has 4 heterocycles. The van der Waals surface area contributed by atoms with Gasteiger partial charge in [0.15, 0.2) is 0 Å². The van der Waals surface area contributed by atoms with E-state index in [0.717, 1.165) is 22.9 Å². The monoisotopic (exact) mass is 401 g/mol. The summed E-state index contributed by atoms with van der Waals surface area (Å²) in [4.78, 5) is 27.1. The summed E-state index contributed by atoms with van der Waals surface area (Å²) in [5.41, 5.74) is 1.64. The molecule has 1 aromatic carbocycles. The minimum absolute atomic E-state index is 0.0824. The molecule has 6 nitrogen and oxygen atoms in total. The Balaban J connectivity index is 1.44. The minimum Gasteiger partial charge on any atom is -0.373 e. The third-order valence-corrected chi connectivity index (χ3v) is 5.81. The second-order valence-electron chi connectivity index (χ2n) is 6.88. The standard InChI is InChI=1S/C18H16BrN3O3/c19-11-7-20-21(9-11)8-10-2-1-3-12(6-10)22-17(23)15-13-4-5-14(25-13)16(15)18(22)24/h1-3,6-7,9,13-16H,4-5,8H2/t13-,14-,15-,16-/m0/s1. The van der Waals surface area contributed by atoms with E-state index in [2.05, 4.69) is 21.0 Å². The number of anilines is 1. The number of aromatic nitrogens is 2. The van der Waals surface area contributed by atoms with Crippen LogP contribution in [0, 0.1) is 11.8 Å². The highest BCUT2D eigenvalue weighted by Crippen LogP contribution is 2.49. The number of fused-ring (bicyclic) bond motifs is 5. The second kappa shape index (κ2) is 5.51. The quantitative estimate of drug-likeness (QED) is 0.740. The van der Waals surface area contributed by atoms with Crippen molar-refractivity contribution in [3.8, 4) is 0 Å². The van der Waals surface area contributed by atoms with Gasteiger partial charge in [0.05, 0.1) is 46.9 Å². The summed E-state index contributed by atoms with van der Waals surface area (Å²) in [5, 5.41) is 4.25. The van der Waals surface area contributed by atoms with Gasteiger partial charge in [-0.3, -0.25) is 14.3 Å². The number of imide groups is 1. The van der Waals surface area contributed by atoms with E-state index in [1.165, 1.54) is 4.90 Å². The lowest BCUT2D eigenvalue weighted by molar-refractivity contribution is -0.124. The van der Waals surface area contributed by atoms with Crippen molar-refractivity contribution in [2.45, 2.75) is 31.6 Å². The van der Waals surface area contributed by atoms with Crippen molar-refractivity contribution in [1.29, 1.82) is 0 Å². The summed E-state index contributed by atoms with van der Waals surface area (Å²) in [6.07, 6.45) is 5.22. The molecule has 0 radical (unpaired) electrons. The first kappa shape index (κ1) is 15.3. The SMILES string of the molecule is O=C1[C@@H]2[C@@H](C(=O)N1c1cccc(Cn3cc(Br)cn3)c1)[C@@H]1CC[C@@H]2O1. The number of ether oxygens (including phenoxy) is 1. The zero-order chi connectivity index (χ0) is 17.1. The van der Waals surface area contributed by atoms with Crippen LogP contribution in [0.4, 0.5) is 5.69 Å². The van der Waals surface area contributed by atoms with Gasteiger partial charge in [-0.1, -0.05) is 12.1 Å². The third-order valence-electron chi connectivity index (χ3n) is 5.40. The minimum atomic E-state index is -0.294. The predicted molar refractivity (Wildman–Crippen MR) is 92.8 cm³/mol. The molecule has 0 unspecified atom stereocenters. The van der Waals surface area contributed by atoms with Crippen LogP contribution in [0.2, 0.25) is 0 Å². The van der Waals surface area contributed by atoms with Gasteiger partial charge >= 0.3 is 0 Å². The number of amides is 2. The molecule has 2 aromatic rings. The number of hydrogen-bond donors (Lipinski definition) is 0. The maximum Gasteiger partial charge on any atom is 0.240 e. The Kier molecular flexibility index (Phi) is 3.36. The van der Waals surface area contributed by atoms with Crippen LogP contribution >= 0.6 is 15.9 Å². The van der Waals surface area contributed by atoms with Crippen molar-refractivity contribution in [3.05, 3.63) is 46.7 Å². The van der Waals surface area contributed by atoms with Crippen molar-refractivity contribution < 1.29 is 14.3 Å². The van der Waals surface area contributed by atoms with Crippen LogP contribution in [0.1, 0.15) is 18.4 Å². The van der Waals surface area contributed by atoms with Crippen LogP contribution in [0.15, 0.2) is 41.1 Å². The maximum atomic E-state index is 12.9. The van der Waals surface area contributed by atoms with E-state index in [4.69, 9.17) is 4.74 Å². The van der Waals surface area contributed by atoms with Gasteiger partial charge in [0.25, 0.3) is 0 Å². The van der Waals surface area contributed by atoms with Crippen molar-refractivity contribution in [2.24, 2.45) is 11.8 Å². The number of carbonyl (C=O) groups excluding carboxylic acids is 2. The number of hydrogen-bond acceptors (Lipinski definition) is 4. The summed E-state index contributed by atoms with van der Waals surface area (Å²) < 4.78 is 8.50. The van der Waals surface area contributed by atoms with Crippen LogP contribution in [0.25, 0.3) is 0 Å². The Morgan fingerprint density at radius 2 is 1.88 bits per heavy atom. The largest absolute Gasteiger partial charge is 0.373 e. The second-order valence-corrected chi connectivity index (χ2v) is 7.80. The molecular formula is C18H16BrN3O3. The lowest BCUT2D eigenvalue weighted by Gasteiger charge is -2.18. The van der Waals surface area contributed by atoms with E-state index >= 15 is 0 Å². The normalized spacial score (nSPS) is 30.4. The van der Waals surface area contributed by atoms with E-state index in [1.807, 2.05) is 30.5 Å². The molecule has 0 spiro atoms. The molecule has 5 rings (SSSR count). The molecule has 3 saturated heterocycles. The lowest BCUT2D eigenvalue weighted by Crippen LogP contribution is -2.34. The number of benzene rings is 1. The molecule has 1 aromatic heterocycles. The Labute approximate surface area is 152 Å². The summed E-state index contributed by atoms with van der Waals surface area (Å²) in [7, 11) is 0. The Morgan fingerprint density at radius 1 is 1.16 bits per heavy atom. The topological polar surface area (TPSA) is 64.4 Å². The molecule has 0 N–H and O–H groups in total. The molecule has 4 atom stereocenters. The van der Waals surface area contributed by atoms with Crippen LogP contribution in [-0.4, -0.2) is 33.8 Å². The van der Waals surface area contributed by atoms with E-state index in [9.17, 15) is 9.59 Å². The van der Waals surface area contributed by atoms with Gasteiger partial charge in [0.1, 0.15) is 0 Å². The molecule has 0 aliphatic carbocycles. The van der Waals surface area contributed by atoms with E-state index in [1.54, 1.807) is 10.9 Å². The van der Waals surface area contributed by atoms with E-state index in [-0.39, 0.29) is 35.9 Å². The number of rotatable bonds is 3. The maximum absolute atomic E-state index is 12.9. The van der Waals surface area contributed by atoms with Crippen LogP contribution in [0.5, 0.6) is 0 Å². The van der Waals surface area contributed by atoms with Crippen molar-refractivity contribution in [2.75, 3.05) is 4.90 Å². The highest BCUT2D eigenvalue weighted by molar-refractivity contribution is 9.10. The van der Waals surface area contributed by atoms with Gasteiger partial charge in [-0.15, -0.1) is 0 Å². The molecule has 3 fully saturated rings. The number of nitrogens with zero attached hydrogens (tertiary/aromatic N) is 3. The van der Waals surface area contributed by atoms with Gasteiger partial charge in [-0.25, -0.2) is 4.90 Å². The average molecular weight is 402 g/mol. The summed E-state index contributed by atoms with van der Waals surface area (Å²) in [6, 6.07) is 7.57. The molecule has 7 heteroatoms. The molecule has 2 amide bonds. The molecule has 0 saturated carbocycles. The fourth-order valence-corrected chi connectivity index (χ4v) is 4.70. The smallest absolute Gasteiger partial charge is 0.240 e. The highest BCUT2D eigenvalue weighted by Gasteiger charge is 2.62. The third kappa shape index (κ3) is 2.29. The number of halogens is 1. The molecule has 128 valence electrons. The van der Waals surface area contributed by atoms with Crippen molar-refractivity contribution >= 4 is 33.4 Å². The van der Waals surface area contributed by atoms with Gasteiger partial charge in [-0.2, -0.15) is 5.10 Å². The van der Waals surface area contributed by atoms with E-state index in [0.29, 0.717) is 12.2 Å². The van der Waals surface area contributed by atoms with Crippen molar-refractivity contribution in [3.63, 3.8) is 0 Å². The predicted octanol–water partition coefficient (Wildman–Crippen LogP) is 2.36. The molecule has 3 aliphatic heterocycles. The summed E-state index contributed by atoms with van der Waals surface area (Å²) in [5.74, 6) is -0.809. The Bertz CT molecular complexity index is 852. The molecule has 25 heavy (non-hydrogen) atoms.